The summed E-state index contributed by atoms with van der Waals surface area (Å²) in [7, 11) is 2.17. The maximum atomic E-state index is 13.9. The molecular weight excluding hydrogens is 425 g/mol. The van der Waals surface area contributed by atoms with Crippen LogP contribution in [0.3, 0.4) is 0 Å². The van der Waals surface area contributed by atoms with E-state index in [1.54, 1.807) is 17.8 Å². The lowest BCUT2D eigenvalue weighted by molar-refractivity contribution is 0.148. The Bertz CT molecular complexity index is 917. The molecule has 3 aromatic rings. The van der Waals surface area contributed by atoms with Crippen LogP contribution < -0.4 is 0 Å². The van der Waals surface area contributed by atoms with Gasteiger partial charge < -0.3 is 9.88 Å². The van der Waals surface area contributed by atoms with Crippen molar-refractivity contribution in [3.8, 4) is 0 Å². The zero-order chi connectivity index (χ0) is 18.8. The lowest BCUT2D eigenvalue weighted by atomic mass is 10.1. The van der Waals surface area contributed by atoms with E-state index in [2.05, 4.69) is 62.0 Å². The molecule has 1 saturated heterocycles. The molecule has 0 atom stereocenters. The molecule has 142 valence electrons. The Kier molecular flexibility index (Phi) is 5.88. The number of likely N-dealkylation sites (N-methyl/N-ethyl adjacent to an activating group) is 1. The largest absolute Gasteiger partial charge is 0.357 e. The monoisotopic (exact) mass is 447 g/mol. The van der Waals surface area contributed by atoms with Crippen LogP contribution in [-0.4, -0.2) is 48.0 Å². The number of benzene rings is 2. The van der Waals surface area contributed by atoms with Crippen molar-refractivity contribution in [1.29, 1.82) is 0 Å². The van der Waals surface area contributed by atoms with Gasteiger partial charge in [0.1, 0.15) is 5.82 Å². The molecule has 2 aromatic carbocycles. The average molecular weight is 448 g/mol. The second-order valence-electron chi connectivity index (χ2n) is 7.09. The van der Waals surface area contributed by atoms with Crippen LogP contribution in [0, 0.1) is 5.82 Å². The number of nitrogens with zero attached hydrogens (tertiary/aromatic N) is 2. The third-order valence-corrected chi connectivity index (χ3v) is 6.70. The van der Waals surface area contributed by atoms with Crippen molar-refractivity contribution in [1.82, 2.24) is 14.8 Å². The van der Waals surface area contributed by atoms with Crippen molar-refractivity contribution in [3.63, 3.8) is 0 Å². The van der Waals surface area contributed by atoms with E-state index in [1.807, 2.05) is 6.07 Å². The van der Waals surface area contributed by atoms with E-state index in [-0.39, 0.29) is 5.82 Å². The average Bonchev–Trinajstić information content (AvgIpc) is 3.00. The quantitative estimate of drug-likeness (QED) is 0.549. The first-order valence-corrected chi connectivity index (χ1v) is 10.9. The maximum Gasteiger partial charge on any atom is 0.123 e. The highest BCUT2D eigenvalue weighted by Crippen LogP contribution is 2.31. The van der Waals surface area contributed by atoms with Crippen LogP contribution in [0.2, 0.25) is 0 Å². The summed E-state index contributed by atoms with van der Waals surface area (Å²) < 4.78 is 15.0. The van der Waals surface area contributed by atoms with E-state index >= 15 is 0 Å². The van der Waals surface area contributed by atoms with Gasteiger partial charge in [0.05, 0.1) is 0 Å². The normalized spacial score (nSPS) is 16.3. The Labute approximate surface area is 172 Å². The zero-order valence-electron chi connectivity index (χ0n) is 15.3. The topological polar surface area (TPSA) is 22.3 Å². The lowest BCUT2D eigenvalue weighted by Crippen LogP contribution is -2.43. The number of halogens is 2. The number of piperazine rings is 1. The third-order valence-electron chi connectivity index (χ3n) is 5.13. The van der Waals surface area contributed by atoms with Gasteiger partial charge in [0, 0.05) is 64.4 Å². The van der Waals surface area contributed by atoms with Gasteiger partial charge in [0.25, 0.3) is 0 Å². The summed E-state index contributed by atoms with van der Waals surface area (Å²) in [5, 5.41) is 1.01. The summed E-state index contributed by atoms with van der Waals surface area (Å²) in [5.41, 5.74) is 3.45. The summed E-state index contributed by atoms with van der Waals surface area (Å²) in [4.78, 5) is 9.60. The van der Waals surface area contributed by atoms with Crippen molar-refractivity contribution < 1.29 is 4.39 Å². The molecule has 0 radical (unpaired) electrons. The number of H-pyrrole nitrogens is 1. The summed E-state index contributed by atoms with van der Waals surface area (Å²) in [6.45, 7) is 5.14. The van der Waals surface area contributed by atoms with Gasteiger partial charge >= 0.3 is 0 Å². The maximum absolute atomic E-state index is 13.9. The molecular formula is C21H23BrFN3S. The molecule has 1 N–H and O–H groups in total. The summed E-state index contributed by atoms with van der Waals surface area (Å²) in [6.07, 6.45) is 0. The van der Waals surface area contributed by atoms with Crippen molar-refractivity contribution >= 4 is 38.6 Å². The van der Waals surface area contributed by atoms with Gasteiger partial charge in [-0.3, -0.25) is 4.90 Å². The van der Waals surface area contributed by atoms with Gasteiger partial charge in [-0.15, -0.1) is 11.8 Å². The Morgan fingerprint density at radius 3 is 2.56 bits per heavy atom. The van der Waals surface area contributed by atoms with Crippen LogP contribution >= 0.6 is 27.7 Å². The molecule has 1 fully saturated rings. The first-order chi connectivity index (χ1) is 13.1. The predicted octanol–water partition coefficient (Wildman–Crippen LogP) is 5.11. The van der Waals surface area contributed by atoms with Gasteiger partial charge in [-0.1, -0.05) is 15.9 Å². The first kappa shape index (κ1) is 19.0. The SMILES string of the molecule is CN1CCN(Cc2c(CSc3ccc(Br)cc3)[nH]c3ccc(F)cc23)CC1. The lowest BCUT2D eigenvalue weighted by Gasteiger charge is -2.32. The highest BCUT2D eigenvalue weighted by Gasteiger charge is 2.19. The molecule has 4 rings (SSSR count). The number of nitrogens with one attached hydrogen (secondary N) is 1. The van der Waals surface area contributed by atoms with Gasteiger partial charge in [-0.2, -0.15) is 0 Å². The van der Waals surface area contributed by atoms with E-state index in [4.69, 9.17) is 0 Å². The minimum atomic E-state index is -0.173. The number of aromatic nitrogens is 1. The van der Waals surface area contributed by atoms with Crippen LogP contribution in [0.25, 0.3) is 10.9 Å². The Morgan fingerprint density at radius 1 is 1.07 bits per heavy atom. The second kappa shape index (κ2) is 8.35. The van der Waals surface area contributed by atoms with E-state index in [9.17, 15) is 4.39 Å². The Balaban J connectivity index is 1.59. The fourth-order valence-electron chi connectivity index (χ4n) is 3.50. The highest BCUT2D eigenvalue weighted by atomic mass is 79.9. The van der Waals surface area contributed by atoms with E-state index < -0.39 is 0 Å². The summed E-state index contributed by atoms with van der Waals surface area (Å²) in [5.74, 6) is 0.675. The molecule has 0 amide bonds. The summed E-state index contributed by atoms with van der Waals surface area (Å²) >= 11 is 5.29. The van der Waals surface area contributed by atoms with Crippen molar-refractivity contribution in [3.05, 3.63) is 64.0 Å². The van der Waals surface area contributed by atoms with Gasteiger partial charge in [-0.25, -0.2) is 4.39 Å². The number of aromatic amines is 1. The van der Waals surface area contributed by atoms with Crippen LogP contribution in [-0.2, 0) is 12.3 Å². The highest BCUT2D eigenvalue weighted by molar-refractivity contribution is 9.10. The van der Waals surface area contributed by atoms with E-state index in [1.165, 1.54) is 22.2 Å². The fraction of sp³-hybridized carbons (Fsp3) is 0.333. The number of hydrogen-bond donors (Lipinski definition) is 1. The number of rotatable bonds is 5. The van der Waals surface area contributed by atoms with Crippen LogP contribution in [0.4, 0.5) is 4.39 Å². The van der Waals surface area contributed by atoms with Gasteiger partial charge in [0.2, 0.25) is 0 Å². The van der Waals surface area contributed by atoms with Crippen molar-refractivity contribution in [2.75, 3.05) is 33.2 Å². The van der Waals surface area contributed by atoms with Crippen LogP contribution in [0.5, 0.6) is 0 Å². The zero-order valence-corrected chi connectivity index (χ0v) is 17.7. The number of hydrogen-bond acceptors (Lipinski definition) is 3. The Hall–Kier alpha value is -1.34. The number of fused-ring (bicyclic) bond motifs is 1. The van der Waals surface area contributed by atoms with Crippen molar-refractivity contribution in [2.24, 2.45) is 0 Å². The molecule has 0 spiro atoms. The molecule has 0 bridgehead atoms. The minimum absolute atomic E-state index is 0.173. The Morgan fingerprint density at radius 2 is 1.81 bits per heavy atom. The fourth-order valence-corrected chi connectivity index (χ4v) is 4.65. The third kappa shape index (κ3) is 4.57. The predicted molar refractivity (Wildman–Crippen MR) is 115 cm³/mol. The molecule has 6 heteroatoms. The standard InChI is InChI=1S/C21H23BrFN3S/c1-25-8-10-26(11-9-25)13-19-18-12-16(23)4-7-20(18)24-21(19)14-27-17-5-2-15(22)3-6-17/h2-7,12,24H,8-11,13-14H2,1H3. The van der Waals surface area contributed by atoms with Gasteiger partial charge in [0.15, 0.2) is 0 Å². The molecule has 1 aromatic heterocycles. The number of thioether (sulfide) groups is 1. The van der Waals surface area contributed by atoms with Gasteiger partial charge in [-0.05, 0) is 55.1 Å². The van der Waals surface area contributed by atoms with E-state index in [0.717, 1.165) is 53.9 Å². The first-order valence-electron chi connectivity index (χ1n) is 9.17. The molecule has 1 aliphatic rings. The minimum Gasteiger partial charge on any atom is -0.357 e. The van der Waals surface area contributed by atoms with Crippen LogP contribution in [0.15, 0.2) is 51.8 Å². The molecule has 0 unspecified atom stereocenters. The second-order valence-corrected chi connectivity index (χ2v) is 9.06. The van der Waals surface area contributed by atoms with Crippen molar-refractivity contribution in [2.45, 2.75) is 17.2 Å². The molecule has 3 nitrogen and oxygen atoms in total. The molecule has 0 saturated carbocycles. The van der Waals surface area contributed by atoms with Crippen LogP contribution in [0.1, 0.15) is 11.3 Å². The molecule has 1 aliphatic heterocycles. The molecule has 2 heterocycles. The smallest absolute Gasteiger partial charge is 0.123 e. The summed E-state index contributed by atoms with van der Waals surface area (Å²) in [6, 6.07) is 13.4. The molecule has 27 heavy (non-hydrogen) atoms. The van der Waals surface area contributed by atoms with E-state index in [0.29, 0.717) is 0 Å². The molecule has 0 aliphatic carbocycles.